The molecule has 1 saturated heterocycles. The number of hydrogen-bond acceptors (Lipinski definition) is 4. The summed E-state index contributed by atoms with van der Waals surface area (Å²) in [6.07, 6.45) is 1.84. The van der Waals surface area contributed by atoms with Crippen molar-refractivity contribution in [3.05, 3.63) is 65.7 Å². The number of rotatable bonds is 7. The number of nitrogens with zero attached hydrogens (tertiary/aromatic N) is 2. The van der Waals surface area contributed by atoms with E-state index in [4.69, 9.17) is 4.74 Å². The normalized spacial score (nSPS) is 15.5. The summed E-state index contributed by atoms with van der Waals surface area (Å²) in [5, 5.41) is 2.92. The molecule has 1 fully saturated rings. The third-order valence-corrected chi connectivity index (χ3v) is 5.53. The van der Waals surface area contributed by atoms with Gasteiger partial charge in [0.2, 0.25) is 0 Å². The second-order valence-corrected chi connectivity index (χ2v) is 7.61. The van der Waals surface area contributed by atoms with Crippen LogP contribution >= 0.6 is 0 Å². The van der Waals surface area contributed by atoms with Crippen LogP contribution in [-0.4, -0.2) is 54.6 Å². The first-order valence-corrected chi connectivity index (χ1v) is 10.7. The van der Waals surface area contributed by atoms with Crippen LogP contribution in [0.2, 0.25) is 0 Å². The summed E-state index contributed by atoms with van der Waals surface area (Å²) in [4.78, 5) is 28.8. The smallest absolute Gasteiger partial charge is 0.338 e. The third-order valence-electron chi connectivity index (χ3n) is 5.53. The van der Waals surface area contributed by atoms with Gasteiger partial charge in [0, 0.05) is 37.9 Å². The number of esters is 1. The van der Waals surface area contributed by atoms with Gasteiger partial charge in [0.05, 0.1) is 12.2 Å². The van der Waals surface area contributed by atoms with E-state index in [-0.39, 0.29) is 12.0 Å². The van der Waals surface area contributed by atoms with Gasteiger partial charge in [-0.15, -0.1) is 0 Å². The van der Waals surface area contributed by atoms with E-state index in [9.17, 15) is 9.59 Å². The van der Waals surface area contributed by atoms with Crippen molar-refractivity contribution in [3.63, 3.8) is 0 Å². The Morgan fingerprint density at radius 3 is 2.30 bits per heavy atom. The zero-order valence-corrected chi connectivity index (χ0v) is 17.8. The quantitative estimate of drug-likeness (QED) is 0.538. The van der Waals surface area contributed by atoms with E-state index < -0.39 is 0 Å². The Kier molecular flexibility index (Phi) is 7.85. The first-order valence-electron chi connectivity index (χ1n) is 10.7. The summed E-state index contributed by atoms with van der Waals surface area (Å²) in [6.45, 7) is 7.74. The maximum absolute atomic E-state index is 12.6. The molecule has 1 aliphatic rings. The molecule has 2 aromatic rings. The number of unbranched alkanes of at least 4 members (excludes halogenated alkanes) is 1. The van der Waals surface area contributed by atoms with E-state index in [2.05, 4.69) is 48.3 Å². The molecule has 2 amide bonds. The van der Waals surface area contributed by atoms with Crippen LogP contribution in [0.1, 0.15) is 48.7 Å². The number of ether oxygens (including phenoxy) is 1. The van der Waals surface area contributed by atoms with Crippen molar-refractivity contribution in [1.29, 1.82) is 0 Å². The van der Waals surface area contributed by atoms with Gasteiger partial charge in [-0.3, -0.25) is 4.90 Å². The molecule has 2 aromatic carbocycles. The lowest BCUT2D eigenvalue weighted by Crippen LogP contribution is -2.50. The van der Waals surface area contributed by atoms with Crippen LogP contribution in [0.15, 0.2) is 54.6 Å². The van der Waals surface area contributed by atoms with Gasteiger partial charge in [0.15, 0.2) is 0 Å². The molecule has 0 aliphatic carbocycles. The Bertz CT molecular complexity index is 815. The maximum atomic E-state index is 12.6. The molecule has 6 nitrogen and oxygen atoms in total. The number of piperazine rings is 1. The van der Waals surface area contributed by atoms with Crippen LogP contribution < -0.4 is 5.32 Å². The molecule has 1 aliphatic heterocycles. The van der Waals surface area contributed by atoms with Crippen molar-refractivity contribution in [3.8, 4) is 0 Å². The van der Waals surface area contributed by atoms with Crippen LogP contribution in [-0.2, 0) is 4.74 Å². The van der Waals surface area contributed by atoms with Gasteiger partial charge in [-0.05, 0) is 43.2 Å². The van der Waals surface area contributed by atoms with E-state index in [0.29, 0.717) is 37.0 Å². The maximum Gasteiger partial charge on any atom is 0.338 e. The molecule has 1 unspecified atom stereocenters. The van der Waals surface area contributed by atoms with Gasteiger partial charge < -0.3 is 15.0 Å². The highest BCUT2D eigenvalue weighted by Crippen LogP contribution is 2.21. The Hall–Kier alpha value is -2.86. The molecule has 6 heteroatoms. The Morgan fingerprint density at radius 2 is 1.67 bits per heavy atom. The molecule has 0 saturated carbocycles. The predicted octanol–water partition coefficient (Wildman–Crippen LogP) is 4.55. The van der Waals surface area contributed by atoms with Crippen LogP contribution in [0.3, 0.4) is 0 Å². The highest BCUT2D eigenvalue weighted by atomic mass is 16.5. The lowest BCUT2D eigenvalue weighted by Gasteiger charge is -2.38. The molecule has 30 heavy (non-hydrogen) atoms. The van der Waals surface area contributed by atoms with Gasteiger partial charge in [-0.1, -0.05) is 43.7 Å². The molecule has 1 N–H and O–H groups in total. The standard InChI is InChI=1S/C24H31N3O3/c1-3-4-18-30-23(28)21-10-12-22(13-11-21)25-24(29)27-16-14-26(15-17-27)19(2)20-8-6-5-7-9-20/h5-13,19H,3-4,14-18H2,1-2H3,(H,25,29). The summed E-state index contributed by atoms with van der Waals surface area (Å²) in [6, 6.07) is 17.5. The summed E-state index contributed by atoms with van der Waals surface area (Å²) >= 11 is 0. The molecule has 0 aromatic heterocycles. The van der Waals surface area contributed by atoms with Gasteiger partial charge in [-0.25, -0.2) is 9.59 Å². The Balaban J connectivity index is 1.47. The number of benzene rings is 2. The number of carbonyl (C=O) groups is 2. The van der Waals surface area contributed by atoms with Crippen molar-refractivity contribution in [2.24, 2.45) is 0 Å². The predicted molar refractivity (Wildman–Crippen MR) is 119 cm³/mol. The lowest BCUT2D eigenvalue weighted by molar-refractivity contribution is 0.0500. The van der Waals surface area contributed by atoms with Gasteiger partial charge >= 0.3 is 12.0 Å². The number of carbonyl (C=O) groups excluding carboxylic acids is 2. The fraction of sp³-hybridized carbons (Fsp3) is 0.417. The van der Waals surface area contributed by atoms with Crippen molar-refractivity contribution in [1.82, 2.24) is 9.80 Å². The molecule has 0 radical (unpaired) electrons. The molecule has 0 spiro atoms. The highest BCUT2D eigenvalue weighted by molar-refractivity contribution is 5.92. The fourth-order valence-corrected chi connectivity index (χ4v) is 3.54. The van der Waals surface area contributed by atoms with E-state index in [0.717, 1.165) is 25.9 Å². The third kappa shape index (κ3) is 5.83. The monoisotopic (exact) mass is 409 g/mol. The Labute approximate surface area is 178 Å². The number of anilines is 1. The number of hydrogen-bond donors (Lipinski definition) is 1. The van der Waals surface area contributed by atoms with E-state index in [1.165, 1.54) is 5.56 Å². The van der Waals surface area contributed by atoms with E-state index in [1.54, 1.807) is 24.3 Å². The van der Waals surface area contributed by atoms with Crippen LogP contribution in [0.25, 0.3) is 0 Å². The molecular formula is C24H31N3O3. The molecule has 1 heterocycles. The minimum absolute atomic E-state index is 0.111. The first-order chi connectivity index (χ1) is 14.6. The van der Waals surface area contributed by atoms with E-state index in [1.807, 2.05) is 11.0 Å². The Morgan fingerprint density at radius 1 is 1.00 bits per heavy atom. The average Bonchev–Trinajstić information content (AvgIpc) is 2.80. The number of nitrogens with one attached hydrogen (secondary N) is 1. The van der Waals surface area contributed by atoms with E-state index >= 15 is 0 Å². The highest BCUT2D eigenvalue weighted by Gasteiger charge is 2.24. The van der Waals surface area contributed by atoms with Crippen molar-refractivity contribution >= 4 is 17.7 Å². The van der Waals surface area contributed by atoms with Crippen LogP contribution in [0.5, 0.6) is 0 Å². The molecule has 160 valence electrons. The second-order valence-electron chi connectivity index (χ2n) is 7.61. The lowest BCUT2D eigenvalue weighted by atomic mass is 10.1. The first kappa shape index (κ1) is 21.8. The minimum Gasteiger partial charge on any atom is -0.462 e. The number of urea groups is 1. The average molecular weight is 410 g/mol. The second kappa shape index (κ2) is 10.8. The molecular weight excluding hydrogens is 378 g/mol. The topological polar surface area (TPSA) is 61.9 Å². The summed E-state index contributed by atoms with van der Waals surface area (Å²) in [7, 11) is 0. The van der Waals surface area contributed by atoms with Gasteiger partial charge in [0.1, 0.15) is 0 Å². The summed E-state index contributed by atoms with van der Waals surface area (Å²) < 4.78 is 5.21. The molecule has 3 rings (SSSR count). The summed E-state index contributed by atoms with van der Waals surface area (Å²) in [5.41, 5.74) is 2.46. The number of amides is 2. The van der Waals surface area contributed by atoms with Crippen molar-refractivity contribution < 1.29 is 14.3 Å². The molecule has 1 atom stereocenters. The SMILES string of the molecule is CCCCOC(=O)c1ccc(NC(=O)N2CCN(C(C)c3ccccc3)CC2)cc1. The van der Waals surface area contributed by atoms with Gasteiger partial charge in [0.25, 0.3) is 0 Å². The minimum atomic E-state index is -0.329. The van der Waals surface area contributed by atoms with Crippen molar-refractivity contribution in [2.45, 2.75) is 32.7 Å². The largest absolute Gasteiger partial charge is 0.462 e. The zero-order chi connectivity index (χ0) is 21.3. The van der Waals surface area contributed by atoms with Crippen molar-refractivity contribution in [2.75, 3.05) is 38.1 Å². The van der Waals surface area contributed by atoms with Crippen LogP contribution in [0, 0.1) is 0 Å². The zero-order valence-electron chi connectivity index (χ0n) is 17.8. The molecule has 0 bridgehead atoms. The summed E-state index contributed by atoms with van der Waals surface area (Å²) in [5.74, 6) is -0.329. The van der Waals surface area contributed by atoms with Crippen LogP contribution in [0.4, 0.5) is 10.5 Å². The van der Waals surface area contributed by atoms with Gasteiger partial charge in [-0.2, -0.15) is 0 Å². The fourth-order valence-electron chi connectivity index (χ4n) is 3.54.